The molecule has 24 heavy (non-hydrogen) atoms. The number of nitrogens with zero attached hydrogens (tertiary/aromatic N) is 2. The van der Waals surface area contributed by atoms with Gasteiger partial charge in [-0.25, -0.2) is 8.42 Å². The number of nitrogens with one attached hydrogen (secondary N) is 1. The number of rotatable bonds is 5. The van der Waals surface area contributed by atoms with E-state index in [9.17, 15) is 8.42 Å². The number of hydrogen-bond acceptors (Lipinski definition) is 6. The number of halogens is 1. The molecule has 0 saturated heterocycles. The molecule has 0 spiro atoms. The van der Waals surface area contributed by atoms with Gasteiger partial charge in [0.2, 0.25) is 0 Å². The number of thiophene rings is 1. The Morgan fingerprint density at radius 2 is 1.88 bits per heavy atom. The molecular formula is C15H14ClN3O3S2. The quantitative estimate of drug-likeness (QED) is 0.706. The summed E-state index contributed by atoms with van der Waals surface area (Å²) in [5.41, 5.74) is 1.16. The van der Waals surface area contributed by atoms with E-state index in [1.54, 1.807) is 30.3 Å². The molecule has 0 aliphatic carbocycles. The number of benzene rings is 1. The maximum atomic E-state index is 12.2. The molecule has 3 rings (SSSR count). The maximum Gasteiger partial charge on any atom is 0.271 e. The Labute approximate surface area is 148 Å². The van der Waals surface area contributed by atoms with Crippen molar-refractivity contribution in [2.75, 3.05) is 4.72 Å². The van der Waals surface area contributed by atoms with E-state index in [1.165, 1.54) is 6.07 Å². The SMILES string of the molecule is CC(C)c1noc(-c2ccc(NS(=O)(=O)c3ccc(Cl)s3)cc2)n1. The third-order valence-corrected chi connectivity index (χ3v) is 6.26. The molecule has 2 aromatic heterocycles. The van der Waals surface area contributed by atoms with Crippen LogP contribution in [-0.2, 0) is 10.0 Å². The zero-order valence-corrected chi connectivity index (χ0v) is 15.2. The van der Waals surface area contributed by atoms with E-state index in [0.29, 0.717) is 21.7 Å². The van der Waals surface area contributed by atoms with Crippen LogP contribution in [-0.4, -0.2) is 18.6 Å². The van der Waals surface area contributed by atoms with Crippen LogP contribution in [0.4, 0.5) is 5.69 Å². The molecule has 0 unspecified atom stereocenters. The monoisotopic (exact) mass is 383 g/mol. The average molecular weight is 384 g/mol. The van der Waals surface area contributed by atoms with Crippen molar-refractivity contribution in [3.05, 3.63) is 46.6 Å². The first-order valence-electron chi connectivity index (χ1n) is 7.07. The van der Waals surface area contributed by atoms with Crippen molar-refractivity contribution in [1.29, 1.82) is 0 Å². The summed E-state index contributed by atoms with van der Waals surface area (Å²) in [7, 11) is -3.64. The fraction of sp³-hybridized carbons (Fsp3) is 0.200. The molecule has 6 nitrogen and oxygen atoms in total. The highest BCUT2D eigenvalue weighted by Gasteiger charge is 2.17. The molecule has 3 aromatic rings. The van der Waals surface area contributed by atoms with Crippen molar-refractivity contribution >= 4 is 38.6 Å². The molecule has 0 amide bonds. The molecule has 0 bridgehead atoms. The van der Waals surface area contributed by atoms with Crippen LogP contribution in [0.2, 0.25) is 4.34 Å². The van der Waals surface area contributed by atoms with Crippen LogP contribution < -0.4 is 4.72 Å². The lowest BCUT2D eigenvalue weighted by molar-refractivity contribution is 0.419. The summed E-state index contributed by atoms with van der Waals surface area (Å²) in [5, 5.41) is 3.91. The van der Waals surface area contributed by atoms with Gasteiger partial charge >= 0.3 is 0 Å². The summed E-state index contributed by atoms with van der Waals surface area (Å²) in [6.45, 7) is 3.95. The van der Waals surface area contributed by atoms with Crippen LogP contribution in [0.5, 0.6) is 0 Å². The Balaban J connectivity index is 1.79. The summed E-state index contributed by atoms with van der Waals surface area (Å²) in [6, 6.07) is 9.73. The maximum absolute atomic E-state index is 12.2. The van der Waals surface area contributed by atoms with Crippen molar-refractivity contribution in [2.45, 2.75) is 24.0 Å². The third-order valence-electron chi connectivity index (χ3n) is 3.16. The third kappa shape index (κ3) is 3.61. The van der Waals surface area contributed by atoms with E-state index in [1.807, 2.05) is 13.8 Å². The fourth-order valence-corrected chi connectivity index (χ4v) is 4.46. The number of aromatic nitrogens is 2. The molecule has 1 N–H and O–H groups in total. The van der Waals surface area contributed by atoms with Gasteiger partial charge in [0.15, 0.2) is 5.82 Å². The van der Waals surface area contributed by atoms with Crippen molar-refractivity contribution < 1.29 is 12.9 Å². The second-order valence-electron chi connectivity index (χ2n) is 5.35. The molecule has 126 valence electrons. The Hall–Kier alpha value is -1.90. The molecule has 2 heterocycles. The minimum Gasteiger partial charge on any atom is -0.334 e. The number of anilines is 1. The minimum absolute atomic E-state index is 0.162. The highest BCUT2D eigenvalue weighted by Crippen LogP contribution is 2.28. The molecule has 9 heteroatoms. The van der Waals surface area contributed by atoms with Crippen molar-refractivity contribution in [3.63, 3.8) is 0 Å². The first kappa shape index (κ1) is 16.9. The zero-order chi connectivity index (χ0) is 17.3. The van der Waals surface area contributed by atoms with Gasteiger partial charge in [-0.1, -0.05) is 30.6 Å². The van der Waals surface area contributed by atoms with E-state index in [-0.39, 0.29) is 10.1 Å². The Bertz CT molecular complexity index is 947. The lowest BCUT2D eigenvalue weighted by atomic mass is 10.2. The molecule has 0 fully saturated rings. The average Bonchev–Trinajstić information content (AvgIpc) is 3.17. The van der Waals surface area contributed by atoms with Crippen molar-refractivity contribution in [1.82, 2.24) is 10.1 Å². The van der Waals surface area contributed by atoms with Crippen LogP contribution in [0.1, 0.15) is 25.6 Å². The largest absolute Gasteiger partial charge is 0.334 e. The van der Waals surface area contributed by atoms with Crippen LogP contribution >= 0.6 is 22.9 Å². The van der Waals surface area contributed by atoms with Gasteiger partial charge in [0.05, 0.1) is 4.34 Å². The zero-order valence-electron chi connectivity index (χ0n) is 12.9. The summed E-state index contributed by atoms with van der Waals surface area (Å²) in [4.78, 5) is 4.31. The molecule has 0 saturated carbocycles. The second-order valence-corrected chi connectivity index (χ2v) is 8.98. The number of sulfonamides is 1. The molecule has 0 aliphatic heterocycles. The van der Waals surface area contributed by atoms with E-state index >= 15 is 0 Å². The van der Waals surface area contributed by atoms with Crippen molar-refractivity contribution in [3.8, 4) is 11.5 Å². The van der Waals surface area contributed by atoms with Crippen LogP contribution in [0.25, 0.3) is 11.5 Å². The van der Waals surface area contributed by atoms with E-state index in [4.69, 9.17) is 16.1 Å². The highest BCUT2D eigenvalue weighted by molar-refractivity contribution is 7.94. The highest BCUT2D eigenvalue weighted by atomic mass is 35.5. The second kappa shape index (κ2) is 6.54. The van der Waals surface area contributed by atoms with Gasteiger partial charge in [-0.15, -0.1) is 11.3 Å². The van der Waals surface area contributed by atoms with Gasteiger partial charge in [0.1, 0.15) is 4.21 Å². The molecule has 0 aliphatic rings. The summed E-state index contributed by atoms with van der Waals surface area (Å²) in [6.07, 6.45) is 0. The van der Waals surface area contributed by atoms with Gasteiger partial charge in [-0.2, -0.15) is 4.98 Å². The van der Waals surface area contributed by atoms with Crippen LogP contribution in [0, 0.1) is 0 Å². The van der Waals surface area contributed by atoms with Gasteiger partial charge in [-0.3, -0.25) is 4.72 Å². The van der Waals surface area contributed by atoms with E-state index < -0.39 is 10.0 Å². The smallest absolute Gasteiger partial charge is 0.271 e. The summed E-state index contributed by atoms with van der Waals surface area (Å²) in [5.74, 6) is 1.20. The topological polar surface area (TPSA) is 85.1 Å². The Morgan fingerprint density at radius 1 is 1.17 bits per heavy atom. The lowest BCUT2D eigenvalue weighted by Gasteiger charge is -2.06. The van der Waals surface area contributed by atoms with E-state index in [2.05, 4.69) is 14.9 Å². The number of hydrogen-bond donors (Lipinski definition) is 1. The first-order chi connectivity index (χ1) is 11.3. The molecule has 1 aromatic carbocycles. The van der Waals surface area contributed by atoms with Crippen LogP contribution in [0.15, 0.2) is 45.1 Å². The van der Waals surface area contributed by atoms with Gasteiger partial charge < -0.3 is 4.52 Å². The fourth-order valence-electron chi connectivity index (χ4n) is 1.92. The standard InChI is InChI=1S/C15H14ClN3O3S2/c1-9(2)14-17-15(22-18-14)10-3-5-11(6-4-10)19-24(20,21)13-8-7-12(16)23-13/h3-9,19H,1-2H3. The normalized spacial score (nSPS) is 11.8. The van der Waals surface area contributed by atoms with Crippen LogP contribution in [0.3, 0.4) is 0 Å². The predicted octanol–water partition coefficient (Wildman–Crippen LogP) is 4.38. The van der Waals surface area contributed by atoms with E-state index in [0.717, 1.165) is 16.9 Å². The van der Waals surface area contributed by atoms with Gasteiger partial charge in [-0.05, 0) is 36.4 Å². The summed E-state index contributed by atoms with van der Waals surface area (Å²) >= 11 is 6.79. The Morgan fingerprint density at radius 3 is 2.42 bits per heavy atom. The van der Waals surface area contributed by atoms with Crippen molar-refractivity contribution in [2.24, 2.45) is 0 Å². The molecular weight excluding hydrogens is 370 g/mol. The van der Waals surface area contributed by atoms with Gasteiger partial charge in [0.25, 0.3) is 15.9 Å². The lowest BCUT2D eigenvalue weighted by Crippen LogP contribution is -2.11. The first-order valence-corrected chi connectivity index (χ1v) is 9.75. The molecule has 0 radical (unpaired) electrons. The Kier molecular flexibility index (Phi) is 4.62. The summed E-state index contributed by atoms with van der Waals surface area (Å²) < 4.78 is 32.8. The predicted molar refractivity (Wildman–Crippen MR) is 94.0 cm³/mol. The minimum atomic E-state index is -3.64. The van der Waals surface area contributed by atoms with Gasteiger partial charge in [0, 0.05) is 17.2 Å². The molecule has 0 atom stereocenters.